The Morgan fingerprint density at radius 3 is 2.86 bits per heavy atom. The number of aryl methyl sites for hydroxylation is 1. The fourth-order valence-electron chi connectivity index (χ4n) is 2.41. The quantitative estimate of drug-likeness (QED) is 0.799. The van der Waals surface area contributed by atoms with Crippen LogP contribution in [0.2, 0.25) is 5.02 Å². The second kappa shape index (κ2) is 7.31. The molecule has 0 aliphatic carbocycles. The van der Waals surface area contributed by atoms with Crippen molar-refractivity contribution in [1.29, 1.82) is 0 Å². The first-order valence-electron chi connectivity index (χ1n) is 7.07. The van der Waals surface area contributed by atoms with Crippen molar-refractivity contribution in [1.82, 2.24) is 5.32 Å². The molecule has 1 aliphatic heterocycles. The lowest BCUT2D eigenvalue weighted by Gasteiger charge is -2.23. The van der Waals surface area contributed by atoms with Gasteiger partial charge in [0.05, 0.1) is 11.4 Å². The van der Waals surface area contributed by atoms with Gasteiger partial charge in [-0.2, -0.15) is 0 Å². The number of piperidine rings is 1. The van der Waals surface area contributed by atoms with Gasteiger partial charge in [0.15, 0.2) is 0 Å². The van der Waals surface area contributed by atoms with Crippen molar-refractivity contribution >= 4 is 43.2 Å². The van der Waals surface area contributed by atoms with E-state index in [0.29, 0.717) is 27.6 Å². The fraction of sp³-hybridized carbons (Fsp3) is 0.571. The Balaban J connectivity index is 1.98. The van der Waals surface area contributed by atoms with Crippen LogP contribution in [0.1, 0.15) is 31.2 Å². The molecule has 2 N–H and O–H groups in total. The molecule has 0 aromatic heterocycles. The fourth-order valence-corrected chi connectivity index (χ4v) is 4.46. The standard InChI is InChI=1S/C14H20BrClN2O2S/c1-10-8-12(15)14(9-13(10)16)18-21(19,20)7-5-11-4-2-3-6-17-11/h8-9,11,17-18H,2-7H2,1H3. The van der Waals surface area contributed by atoms with E-state index in [1.54, 1.807) is 6.07 Å². The molecule has 0 radical (unpaired) electrons. The highest BCUT2D eigenvalue weighted by Crippen LogP contribution is 2.30. The van der Waals surface area contributed by atoms with E-state index in [1.807, 2.05) is 13.0 Å². The average molecular weight is 396 g/mol. The van der Waals surface area contributed by atoms with Crippen molar-refractivity contribution in [2.45, 2.75) is 38.6 Å². The number of halogens is 2. The summed E-state index contributed by atoms with van der Waals surface area (Å²) in [6.45, 7) is 2.86. The molecule has 0 saturated carbocycles. The molecule has 1 heterocycles. The van der Waals surface area contributed by atoms with Gasteiger partial charge < -0.3 is 5.32 Å². The van der Waals surface area contributed by atoms with Gasteiger partial charge in [0.1, 0.15) is 0 Å². The SMILES string of the molecule is Cc1cc(Br)c(NS(=O)(=O)CCC2CCCCN2)cc1Cl. The molecular weight excluding hydrogens is 376 g/mol. The van der Waals surface area contributed by atoms with Crippen LogP contribution in [0.3, 0.4) is 0 Å². The number of hydrogen-bond acceptors (Lipinski definition) is 3. The van der Waals surface area contributed by atoms with Gasteiger partial charge in [0.25, 0.3) is 0 Å². The maximum absolute atomic E-state index is 12.2. The lowest BCUT2D eigenvalue weighted by Crippen LogP contribution is -2.36. The molecule has 1 atom stereocenters. The van der Waals surface area contributed by atoms with Crippen molar-refractivity contribution in [3.8, 4) is 0 Å². The summed E-state index contributed by atoms with van der Waals surface area (Å²) in [4.78, 5) is 0. The van der Waals surface area contributed by atoms with Crippen molar-refractivity contribution in [3.05, 3.63) is 27.2 Å². The van der Waals surface area contributed by atoms with Gasteiger partial charge in [-0.25, -0.2) is 8.42 Å². The average Bonchev–Trinajstić information content (AvgIpc) is 2.44. The predicted octanol–water partition coefficient (Wildman–Crippen LogP) is 3.68. The third-order valence-corrected chi connectivity index (χ3v) is 6.03. The first kappa shape index (κ1) is 17.1. The van der Waals surface area contributed by atoms with E-state index in [-0.39, 0.29) is 5.75 Å². The van der Waals surface area contributed by atoms with Gasteiger partial charge >= 0.3 is 0 Å². The van der Waals surface area contributed by atoms with Crippen molar-refractivity contribution in [2.75, 3.05) is 17.0 Å². The van der Waals surface area contributed by atoms with Gasteiger partial charge in [0, 0.05) is 15.5 Å². The molecule has 118 valence electrons. The van der Waals surface area contributed by atoms with E-state index in [0.717, 1.165) is 18.5 Å². The number of rotatable bonds is 5. The van der Waals surface area contributed by atoms with Crippen LogP contribution in [0.25, 0.3) is 0 Å². The third-order valence-electron chi connectivity index (χ3n) is 3.66. The highest BCUT2D eigenvalue weighted by atomic mass is 79.9. The predicted molar refractivity (Wildman–Crippen MR) is 91.6 cm³/mol. The summed E-state index contributed by atoms with van der Waals surface area (Å²) in [5.41, 5.74) is 1.39. The van der Waals surface area contributed by atoms with Gasteiger partial charge in [-0.15, -0.1) is 0 Å². The smallest absolute Gasteiger partial charge is 0.232 e. The molecule has 1 unspecified atom stereocenters. The molecule has 2 rings (SSSR count). The monoisotopic (exact) mass is 394 g/mol. The number of anilines is 1. The Morgan fingerprint density at radius 2 is 2.19 bits per heavy atom. The molecule has 1 aliphatic rings. The largest absolute Gasteiger partial charge is 0.314 e. The first-order valence-corrected chi connectivity index (χ1v) is 9.89. The van der Waals surface area contributed by atoms with E-state index >= 15 is 0 Å². The normalized spacial score (nSPS) is 19.5. The number of benzene rings is 1. The van der Waals surface area contributed by atoms with Gasteiger partial charge in [-0.05, 0) is 66.4 Å². The minimum Gasteiger partial charge on any atom is -0.314 e. The summed E-state index contributed by atoms with van der Waals surface area (Å²) in [7, 11) is -3.36. The Hall–Kier alpha value is -0.300. The highest BCUT2D eigenvalue weighted by molar-refractivity contribution is 9.10. The van der Waals surface area contributed by atoms with Crippen molar-refractivity contribution < 1.29 is 8.42 Å². The highest BCUT2D eigenvalue weighted by Gasteiger charge is 2.18. The Labute approximate surface area is 139 Å². The molecule has 1 aromatic carbocycles. The molecule has 0 amide bonds. The van der Waals surface area contributed by atoms with Crippen molar-refractivity contribution in [3.63, 3.8) is 0 Å². The molecule has 1 saturated heterocycles. The van der Waals surface area contributed by atoms with E-state index in [1.165, 1.54) is 12.8 Å². The Kier molecular flexibility index (Phi) is 5.94. The molecular formula is C14H20BrClN2O2S. The third kappa shape index (κ3) is 5.13. The van der Waals surface area contributed by atoms with E-state index < -0.39 is 10.0 Å². The summed E-state index contributed by atoms with van der Waals surface area (Å²) in [6, 6.07) is 3.75. The number of nitrogens with one attached hydrogen (secondary N) is 2. The maximum atomic E-state index is 12.2. The van der Waals surface area contributed by atoms with Crippen LogP contribution in [0.5, 0.6) is 0 Å². The van der Waals surface area contributed by atoms with Gasteiger partial charge in [-0.3, -0.25) is 4.72 Å². The zero-order valence-corrected chi connectivity index (χ0v) is 15.1. The Bertz CT molecular complexity index is 601. The number of hydrogen-bond donors (Lipinski definition) is 2. The molecule has 7 heteroatoms. The topological polar surface area (TPSA) is 58.2 Å². The van der Waals surface area contributed by atoms with Gasteiger partial charge in [-0.1, -0.05) is 18.0 Å². The van der Waals surface area contributed by atoms with Crippen LogP contribution in [-0.2, 0) is 10.0 Å². The van der Waals surface area contributed by atoms with E-state index in [9.17, 15) is 8.42 Å². The summed E-state index contributed by atoms with van der Waals surface area (Å²) < 4.78 is 27.7. The number of sulfonamides is 1. The summed E-state index contributed by atoms with van der Waals surface area (Å²) in [5, 5.41) is 3.91. The van der Waals surface area contributed by atoms with Crippen LogP contribution < -0.4 is 10.0 Å². The summed E-state index contributed by atoms with van der Waals surface area (Å²) in [5.74, 6) is 0.114. The summed E-state index contributed by atoms with van der Waals surface area (Å²) >= 11 is 9.41. The summed E-state index contributed by atoms with van der Waals surface area (Å²) in [6.07, 6.45) is 4.03. The zero-order valence-electron chi connectivity index (χ0n) is 12.0. The lowest BCUT2D eigenvalue weighted by atomic mass is 10.0. The molecule has 1 fully saturated rings. The minimum atomic E-state index is -3.36. The second-order valence-corrected chi connectivity index (χ2v) is 8.54. The van der Waals surface area contributed by atoms with E-state index in [2.05, 4.69) is 26.0 Å². The molecule has 0 spiro atoms. The van der Waals surface area contributed by atoms with Crippen LogP contribution in [0.15, 0.2) is 16.6 Å². The Morgan fingerprint density at radius 1 is 1.43 bits per heavy atom. The molecule has 4 nitrogen and oxygen atoms in total. The van der Waals surface area contributed by atoms with Crippen molar-refractivity contribution in [2.24, 2.45) is 0 Å². The minimum absolute atomic E-state index is 0.114. The lowest BCUT2D eigenvalue weighted by molar-refractivity contribution is 0.393. The van der Waals surface area contributed by atoms with Gasteiger partial charge in [0.2, 0.25) is 10.0 Å². The van der Waals surface area contributed by atoms with E-state index in [4.69, 9.17) is 11.6 Å². The molecule has 1 aromatic rings. The van der Waals surface area contributed by atoms with Crippen LogP contribution in [-0.4, -0.2) is 26.8 Å². The van der Waals surface area contributed by atoms with Crippen LogP contribution in [0, 0.1) is 6.92 Å². The second-order valence-electron chi connectivity index (χ2n) is 5.44. The zero-order chi connectivity index (χ0) is 15.5. The van der Waals surface area contributed by atoms with Crippen LogP contribution >= 0.6 is 27.5 Å². The first-order chi connectivity index (χ1) is 9.87. The molecule has 21 heavy (non-hydrogen) atoms. The van der Waals surface area contributed by atoms with Crippen LogP contribution in [0.4, 0.5) is 5.69 Å². The molecule has 0 bridgehead atoms. The maximum Gasteiger partial charge on any atom is 0.232 e.